The molecule has 1 amide bonds. The van der Waals surface area contributed by atoms with Crippen LogP contribution in [0.5, 0.6) is 0 Å². The number of benzene rings is 3. The largest absolute Gasteiger partial charge is 0.480 e. The van der Waals surface area contributed by atoms with Crippen molar-refractivity contribution < 1.29 is 23.1 Å². The molecule has 0 bridgehead atoms. The number of hydrogen-bond donors (Lipinski definition) is 3. The number of hydrogen-bond acceptors (Lipinski definition) is 4. The first kappa shape index (κ1) is 24.2. The predicted octanol–water partition coefficient (Wildman–Crippen LogP) is 4.30. The predicted molar refractivity (Wildman–Crippen MR) is 128 cm³/mol. The smallest absolute Gasteiger partial charge is 0.322 e. The molecule has 0 heterocycles. The van der Waals surface area contributed by atoms with E-state index in [1.807, 2.05) is 18.2 Å². The third kappa shape index (κ3) is 5.85. The van der Waals surface area contributed by atoms with E-state index < -0.39 is 28.0 Å². The Bertz CT molecular complexity index is 1250. The highest BCUT2D eigenvalue weighted by Crippen LogP contribution is 2.26. The van der Waals surface area contributed by atoms with Gasteiger partial charge in [0.2, 0.25) is 10.0 Å². The van der Waals surface area contributed by atoms with Crippen molar-refractivity contribution in [2.45, 2.75) is 31.7 Å². The molecule has 0 aliphatic rings. The topological polar surface area (TPSA) is 113 Å². The normalized spacial score (nSPS) is 12.4. The second-order valence-corrected chi connectivity index (χ2v) is 9.77. The summed E-state index contributed by atoms with van der Waals surface area (Å²) in [5.74, 6) is -1.86. The summed E-state index contributed by atoms with van der Waals surface area (Å²) in [7, 11) is -4.00. The number of amides is 1. The molecule has 0 fully saturated rings. The maximum Gasteiger partial charge on any atom is 0.322 e. The summed E-state index contributed by atoms with van der Waals surface area (Å²) < 4.78 is 27.7. The lowest BCUT2D eigenvalue weighted by Gasteiger charge is -2.18. The summed E-state index contributed by atoms with van der Waals surface area (Å²) in [5.41, 5.74) is 3.54. The van der Waals surface area contributed by atoms with Gasteiger partial charge in [-0.05, 0) is 65.9 Å². The summed E-state index contributed by atoms with van der Waals surface area (Å²) in [6.07, 6.45) is 0. The Morgan fingerprint density at radius 1 is 0.909 bits per heavy atom. The van der Waals surface area contributed by atoms with Crippen LogP contribution in [0, 0.1) is 12.8 Å². The van der Waals surface area contributed by atoms with Gasteiger partial charge in [0, 0.05) is 11.3 Å². The standard InChI is InChI=1S/C25H26N2O5S/c1-16(2)23(25(29)30)27-33(31,32)21-13-14-22(17(3)15-21)18-9-11-19(12-10-18)24(28)26-20-7-5-4-6-8-20/h4-16,23,27H,1-3H3,(H,26,28)(H,29,30). The van der Waals surface area contributed by atoms with Crippen LogP contribution in [0.4, 0.5) is 5.69 Å². The second kappa shape index (κ2) is 9.97. The van der Waals surface area contributed by atoms with E-state index in [-0.39, 0.29) is 10.8 Å². The Labute approximate surface area is 193 Å². The minimum Gasteiger partial charge on any atom is -0.480 e. The molecular formula is C25H26N2O5S. The Morgan fingerprint density at radius 3 is 2.09 bits per heavy atom. The SMILES string of the molecule is Cc1cc(S(=O)(=O)NC(C(=O)O)C(C)C)ccc1-c1ccc(C(=O)Nc2ccccc2)cc1. The van der Waals surface area contributed by atoms with E-state index in [9.17, 15) is 23.1 Å². The van der Waals surface area contributed by atoms with Crippen LogP contribution in [0.1, 0.15) is 29.8 Å². The molecule has 3 N–H and O–H groups in total. The lowest BCUT2D eigenvalue weighted by Crippen LogP contribution is -2.44. The average Bonchev–Trinajstić information content (AvgIpc) is 2.78. The van der Waals surface area contributed by atoms with E-state index in [2.05, 4.69) is 10.0 Å². The molecule has 0 saturated carbocycles. The molecule has 0 aromatic heterocycles. The number of aryl methyl sites for hydroxylation is 1. The third-order valence-electron chi connectivity index (χ3n) is 5.21. The number of aliphatic carboxylic acids is 1. The fraction of sp³-hybridized carbons (Fsp3) is 0.200. The molecule has 8 heteroatoms. The van der Waals surface area contributed by atoms with Gasteiger partial charge in [-0.15, -0.1) is 0 Å². The molecule has 3 aromatic rings. The lowest BCUT2D eigenvalue weighted by molar-refractivity contribution is -0.140. The van der Waals surface area contributed by atoms with E-state index in [4.69, 9.17) is 0 Å². The van der Waals surface area contributed by atoms with Crippen molar-refractivity contribution in [3.63, 3.8) is 0 Å². The Hall–Kier alpha value is -3.49. The molecule has 0 aliphatic carbocycles. The molecule has 3 rings (SSSR count). The Morgan fingerprint density at radius 2 is 1.55 bits per heavy atom. The molecule has 0 radical (unpaired) electrons. The quantitative estimate of drug-likeness (QED) is 0.458. The number of carboxylic acids is 1. The summed E-state index contributed by atoms with van der Waals surface area (Å²) in [5, 5.41) is 12.1. The number of sulfonamides is 1. The average molecular weight is 467 g/mol. The fourth-order valence-corrected chi connectivity index (χ4v) is 4.78. The van der Waals surface area contributed by atoms with E-state index in [1.165, 1.54) is 12.1 Å². The summed E-state index contributed by atoms with van der Waals surface area (Å²) in [4.78, 5) is 23.8. The maximum absolute atomic E-state index is 12.7. The van der Waals surface area contributed by atoms with Crippen LogP contribution >= 0.6 is 0 Å². The number of para-hydroxylation sites is 1. The van der Waals surface area contributed by atoms with Crippen molar-refractivity contribution in [1.29, 1.82) is 0 Å². The zero-order chi connectivity index (χ0) is 24.2. The van der Waals surface area contributed by atoms with Gasteiger partial charge in [0.1, 0.15) is 6.04 Å². The summed E-state index contributed by atoms with van der Waals surface area (Å²) >= 11 is 0. The third-order valence-corrected chi connectivity index (χ3v) is 6.65. The molecule has 1 unspecified atom stereocenters. The van der Waals surface area contributed by atoms with Gasteiger partial charge in [-0.25, -0.2) is 8.42 Å². The Balaban J connectivity index is 1.79. The molecular weight excluding hydrogens is 440 g/mol. The molecule has 0 aliphatic heterocycles. The minimum atomic E-state index is -4.00. The summed E-state index contributed by atoms with van der Waals surface area (Å²) in [6, 6.07) is 19.6. The van der Waals surface area contributed by atoms with Gasteiger partial charge in [-0.1, -0.05) is 50.2 Å². The van der Waals surface area contributed by atoms with Gasteiger partial charge < -0.3 is 10.4 Å². The van der Waals surface area contributed by atoms with Gasteiger partial charge >= 0.3 is 5.97 Å². The van der Waals surface area contributed by atoms with Gasteiger partial charge in [-0.3, -0.25) is 9.59 Å². The van der Waals surface area contributed by atoms with Crippen molar-refractivity contribution >= 4 is 27.6 Å². The number of nitrogens with one attached hydrogen (secondary N) is 2. The number of carbonyl (C=O) groups is 2. The van der Waals surface area contributed by atoms with Crippen LogP contribution < -0.4 is 10.0 Å². The van der Waals surface area contributed by atoms with Crippen LogP contribution in [0.2, 0.25) is 0 Å². The zero-order valence-electron chi connectivity index (χ0n) is 18.6. The molecule has 0 saturated heterocycles. The molecule has 7 nitrogen and oxygen atoms in total. The lowest BCUT2D eigenvalue weighted by atomic mass is 9.99. The number of rotatable bonds is 8. The number of carboxylic acid groups (broad SMARTS) is 1. The van der Waals surface area contributed by atoms with Crippen molar-refractivity contribution in [3.05, 3.63) is 83.9 Å². The van der Waals surface area contributed by atoms with Gasteiger partial charge in [0.15, 0.2) is 0 Å². The van der Waals surface area contributed by atoms with Crippen LogP contribution in [0.3, 0.4) is 0 Å². The van der Waals surface area contributed by atoms with Gasteiger partial charge in [-0.2, -0.15) is 4.72 Å². The Kier molecular flexibility index (Phi) is 7.30. The van der Waals surface area contributed by atoms with Gasteiger partial charge in [0.05, 0.1) is 4.90 Å². The van der Waals surface area contributed by atoms with E-state index in [0.717, 1.165) is 11.1 Å². The van der Waals surface area contributed by atoms with Crippen LogP contribution in [-0.4, -0.2) is 31.4 Å². The van der Waals surface area contributed by atoms with E-state index in [1.54, 1.807) is 63.2 Å². The monoisotopic (exact) mass is 466 g/mol. The molecule has 3 aromatic carbocycles. The fourth-order valence-electron chi connectivity index (χ4n) is 3.36. The maximum atomic E-state index is 12.7. The van der Waals surface area contributed by atoms with Crippen molar-refractivity contribution in [2.75, 3.05) is 5.32 Å². The molecule has 172 valence electrons. The van der Waals surface area contributed by atoms with E-state index >= 15 is 0 Å². The van der Waals surface area contributed by atoms with Gasteiger partial charge in [0.25, 0.3) is 5.91 Å². The first-order chi connectivity index (χ1) is 15.6. The highest BCUT2D eigenvalue weighted by molar-refractivity contribution is 7.89. The van der Waals surface area contributed by atoms with Crippen LogP contribution in [0.25, 0.3) is 11.1 Å². The number of anilines is 1. The van der Waals surface area contributed by atoms with Crippen LogP contribution in [-0.2, 0) is 14.8 Å². The van der Waals surface area contributed by atoms with Crippen LogP contribution in [0.15, 0.2) is 77.7 Å². The van der Waals surface area contributed by atoms with Crippen molar-refractivity contribution in [3.8, 4) is 11.1 Å². The molecule has 0 spiro atoms. The number of carbonyl (C=O) groups excluding carboxylic acids is 1. The van der Waals surface area contributed by atoms with Crippen molar-refractivity contribution in [1.82, 2.24) is 4.72 Å². The summed E-state index contributed by atoms with van der Waals surface area (Å²) in [6.45, 7) is 5.06. The molecule has 1 atom stereocenters. The highest BCUT2D eigenvalue weighted by Gasteiger charge is 2.28. The van der Waals surface area contributed by atoms with Crippen molar-refractivity contribution in [2.24, 2.45) is 5.92 Å². The second-order valence-electron chi connectivity index (χ2n) is 8.06. The minimum absolute atomic E-state index is 0.00508. The first-order valence-electron chi connectivity index (χ1n) is 10.4. The first-order valence-corrected chi connectivity index (χ1v) is 11.9. The molecule has 33 heavy (non-hydrogen) atoms. The zero-order valence-corrected chi connectivity index (χ0v) is 19.4. The van der Waals surface area contributed by atoms with E-state index in [0.29, 0.717) is 16.8 Å². The highest BCUT2D eigenvalue weighted by atomic mass is 32.2.